The van der Waals surface area contributed by atoms with Crippen LogP contribution in [0.4, 0.5) is 5.69 Å². The molecule has 3 aromatic rings. The molecule has 0 saturated heterocycles. The van der Waals surface area contributed by atoms with Crippen molar-refractivity contribution >= 4 is 11.6 Å². The fraction of sp³-hybridized carbons (Fsp3) is 0.308. The predicted molar refractivity (Wildman–Crippen MR) is 129 cm³/mol. The molecule has 174 valence electrons. The van der Waals surface area contributed by atoms with E-state index in [0.29, 0.717) is 18.8 Å². The van der Waals surface area contributed by atoms with Gasteiger partial charge in [-0.1, -0.05) is 12.1 Å². The van der Waals surface area contributed by atoms with E-state index in [0.717, 1.165) is 28.3 Å². The molecule has 33 heavy (non-hydrogen) atoms. The minimum atomic E-state index is -0.845. The molecule has 0 spiro atoms. The maximum absolute atomic E-state index is 12.7. The molecule has 2 aromatic carbocycles. The van der Waals surface area contributed by atoms with Crippen molar-refractivity contribution in [3.05, 3.63) is 81.8 Å². The maximum Gasteiger partial charge on any atom is 0.265 e. The van der Waals surface area contributed by atoms with Gasteiger partial charge >= 0.3 is 0 Å². The highest BCUT2D eigenvalue weighted by Gasteiger charge is 2.19. The van der Waals surface area contributed by atoms with Crippen LogP contribution in [0.5, 0.6) is 17.2 Å². The Morgan fingerprint density at radius 2 is 1.73 bits per heavy atom. The third kappa shape index (κ3) is 6.16. The summed E-state index contributed by atoms with van der Waals surface area (Å²) < 4.78 is 18.6. The second kappa shape index (κ2) is 10.7. The lowest BCUT2D eigenvalue weighted by molar-refractivity contribution is -0.122. The quantitative estimate of drug-likeness (QED) is 0.527. The molecule has 1 N–H and O–H groups in total. The van der Waals surface area contributed by atoms with Gasteiger partial charge in [-0.25, -0.2) is 0 Å². The number of methoxy groups -OCH3 is 1. The summed E-state index contributed by atoms with van der Waals surface area (Å²) in [6, 6.07) is 14.6. The lowest BCUT2D eigenvalue weighted by Gasteiger charge is -2.19. The van der Waals surface area contributed by atoms with Gasteiger partial charge in [0.05, 0.1) is 19.3 Å². The van der Waals surface area contributed by atoms with Crippen LogP contribution in [0.1, 0.15) is 23.7 Å². The standard InChI is InChI=1S/C26H30N2O5/c1-17-6-7-18(2)23(16-17)27-26(30)20(4)33-25-19(3)28(13-12-24(25)29)14-15-32-22-10-8-21(31-5)9-11-22/h6-13,16,20H,14-15H2,1-5H3,(H,27,30). The molecule has 0 aliphatic rings. The van der Waals surface area contributed by atoms with Gasteiger partial charge < -0.3 is 24.1 Å². The van der Waals surface area contributed by atoms with Crippen LogP contribution >= 0.6 is 0 Å². The number of hydrogen-bond donors (Lipinski definition) is 1. The zero-order valence-electron chi connectivity index (χ0n) is 19.7. The van der Waals surface area contributed by atoms with Crippen molar-refractivity contribution in [3.63, 3.8) is 0 Å². The molecule has 3 rings (SSSR count). The van der Waals surface area contributed by atoms with Crippen LogP contribution in [0.25, 0.3) is 0 Å². The number of nitrogens with one attached hydrogen (secondary N) is 1. The molecular weight excluding hydrogens is 420 g/mol. The van der Waals surface area contributed by atoms with Crippen LogP contribution in [0.15, 0.2) is 59.5 Å². The molecule has 0 radical (unpaired) electrons. The van der Waals surface area contributed by atoms with Crippen LogP contribution in [-0.2, 0) is 11.3 Å². The lowest BCUT2D eigenvalue weighted by atomic mass is 10.1. The number of nitrogens with zero attached hydrogens (tertiary/aromatic N) is 1. The summed E-state index contributed by atoms with van der Waals surface area (Å²) >= 11 is 0. The third-order valence-electron chi connectivity index (χ3n) is 5.36. The topological polar surface area (TPSA) is 78.8 Å². The highest BCUT2D eigenvalue weighted by molar-refractivity contribution is 5.94. The van der Waals surface area contributed by atoms with Crippen LogP contribution in [0.3, 0.4) is 0 Å². The van der Waals surface area contributed by atoms with Crippen molar-refractivity contribution in [1.29, 1.82) is 0 Å². The van der Waals surface area contributed by atoms with E-state index >= 15 is 0 Å². The Bertz CT molecular complexity index is 1170. The number of carbonyl (C=O) groups excluding carboxylic acids is 1. The zero-order valence-corrected chi connectivity index (χ0v) is 19.7. The molecular formula is C26H30N2O5. The normalized spacial score (nSPS) is 11.5. The van der Waals surface area contributed by atoms with Crippen molar-refractivity contribution in [1.82, 2.24) is 4.57 Å². The first-order valence-electron chi connectivity index (χ1n) is 10.8. The molecule has 1 unspecified atom stereocenters. The van der Waals surface area contributed by atoms with Crippen molar-refractivity contribution in [3.8, 4) is 17.2 Å². The molecule has 7 nitrogen and oxygen atoms in total. The number of amides is 1. The molecule has 0 aliphatic heterocycles. The van der Waals surface area contributed by atoms with Gasteiger partial charge in [-0.2, -0.15) is 0 Å². The van der Waals surface area contributed by atoms with E-state index in [-0.39, 0.29) is 17.1 Å². The predicted octanol–water partition coefficient (Wildman–Crippen LogP) is 4.27. The number of hydrogen-bond acceptors (Lipinski definition) is 5. The Kier molecular flexibility index (Phi) is 7.77. The molecule has 1 heterocycles. The minimum Gasteiger partial charge on any atom is -0.497 e. The Morgan fingerprint density at radius 3 is 2.42 bits per heavy atom. The number of rotatable bonds is 9. The van der Waals surface area contributed by atoms with Gasteiger partial charge in [-0.15, -0.1) is 0 Å². The van der Waals surface area contributed by atoms with Gasteiger partial charge in [-0.05, 0) is 69.2 Å². The van der Waals surface area contributed by atoms with Gasteiger partial charge in [0, 0.05) is 18.0 Å². The van der Waals surface area contributed by atoms with E-state index in [1.165, 1.54) is 6.07 Å². The van der Waals surface area contributed by atoms with Gasteiger partial charge in [-0.3, -0.25) is 9.59 Å². The first-order valence-corrected chi connectivity index (χ1v) is 10.8. The monoisotopic (exact) mass is 450 g/mol. The van der Waals surface area contributed by atoms with Crippen LogP contribution in [0, 0.1) is 20.8 Å². The van der Waals surface area contributed by atoms with E-state index in [1.54, 1.807) is 27.2 Å². The first kappa shape index (κ1) is 23.9. The van der Waals surface area contributed by atoms with Crippen LogP contribution in [0.2, 0.25) is 0 Å². The fourth-order valence-electron chi connectivity index (χ4n) is 3.31. The van der Waals surface area contributed by atoms with Gasteiger partial charge in [0.2, 0.25) is 5.43 Å². The summed E-state index contributed by atoms with van der Waals surface area (Å²) in [5, 5.41) is 2.88. The SMILES string of the molecule is COc1ccc(OCCn2ccc(=O)c(OC(C)C(=O)Nc3cc(C)ccc3C)c2C)cc1. The summed E-state index contributed by atoms with van der Waals surface area (Å²) in [5.74, 6) is 1.32. The largest absolute Gasteiger partial charge is 0.497 e. The molecule has 1 atom stereocenters. The average molecular weight is 451 g/mol. The number of aryl methyl sites for hydroxylation is 2. The molecule has 1 aromatic heterocycles. The zero-order chi connectivity index (χ0) is 24.0. The lowest BCUT2D eigenvalue weighted by Crippen LogP contribution is -2.32. The Hall–Kier alpha value is -3.74. The summed E-state index contributed by atoms with van der Waals surface area (Å²) in [4.78, 5) is 25.1. The Labute approximate surface area is 193 Å². The number of benzene rings is 2. The molecule has 0 bridgehead atoms. The number of anilines is 1. The second-order valence-corrected chi connectivity index (χ2v) is 7.88. The summed E-state index contributed by atoms with van der Waals surface area (Å²) in [5.41, 5.74) is 3.09. The van der Waals surface area contributed by atoms with Gasteiger partial charge in [0.15, 0.2) is 11.9 Å². The van der Waals surface area contributed by atoms with Crippen LogP contribution < -0.4 is 25.0 Å². The van der Waals surface area contributed by atoms with Crippen molar-refractivity contribution in [2.45, 2.75) is 40.3 Å². The maximum atomic E-state index is 12.7. The number of ether oxygens (including phenoxy) is 3. The highest BCUT2D eigenvalue weighted by Crippen LogP contribution is 2.19. The van der Waals surface area contributed by atoms with Gasteiger partial charge in [0.25, 0.3) is 5.91 Å². The molecule has 0 fully saturated rings. The van der Waals surface area contributed by atoms with Crippen molar-refractivity contribution in [2.75, 3.05) is 19.0 Å². The van der Waals surface area contributed by atoms with E-state index in [2.05, 4.69) is 5.32 Å². The first-order chi connectivity index (χ1) is 15.8. The van der Waals surface area contributed by atoms with E-state index < -0.39 is 6.10 Å². The number of aromatic nitrogens is 1. The summed E-state index contributed by atoms with van der Waals surface area (Å²) in [7, 11) is 1.61. The van der Waals surface area contributed by atoms with E-state index in [4.69, 9.17) is 14.2 Å². The summed E-state index contributed by atoms with van der Waals surface area (Å²) in [6.45, 7) is 8.22. The van der Waals surface area contributed by atoms with Crippen molar-refractivity contribution in [2.24, 2.45) is 0 Å². The van der Waals surface area contributed by atoms with Gasteiger partial charge in [0.1, 0.15) is 18.1 Å². The highest BCUT2D eigenvalue weighted by atomic mass is 16.5. The molecule has 0 aliphatic carbocycles. The molecule has 7 heteroatoms. The molecule has 0 saturated carbocycles. The Balaban J connectivity index is 1.65. The van der Waals surface area contributed by atoms with E-state index in [1.807, 2.05) is 60.9 Å². The molecule has 1 amide bonds. The second-order valence-electron chi connectivity index (χ2n) is 7.88. The smallest absolute Gasteiger partial charge is 0.265 e. The fourth-order valence-corrected chi connectivity index (χ4v) is 3.31. The van der Waals surface area contributed by atoms with Crippen molar-refractivity contribution < 1.29 is 19.0 Å². The number of carbonyl (C=O) groups is 1. The minimum absolute atomic E-state index is 0.158. The summed E-state index contributed by atoms with van der Waals surface area (Å²) in [6.07, 6.45) is 0.852. The third-order valence-corrected chi connectivity index (χ3v) is 5.36. The van der Waals surface area contributed by atoms with E-state index in [9.17, 15) is 9.59 Å². The number of pyridine rings is 1. The van der Waals surface area contributed by atoms with Crippen LogP contribution in [-0.4, -0.2) is 30.3 Å². The average Bonchev–Trinajstić information content (AvgIpc) is 2.80. The Morgan fingerprint density at radius 1 is 1.03 bits per heavy atom.